The lowest BCUT2D eigenvalue weighted by Gasteiger charge is -2.05. The van der Waals surface area contributed by atoms with Crippen LogP contribution >= 0.6 is 0 Å². The SMILES string of the molecule is CCn1cc(C(=O)Nc2ccccc2F)c2cccnc21. The Morgan fingerprint density at radius 2 is 2.10 bits per heavy atom. The van der Waals surface area contributed by atoms with Crippen LogP contribution in [0.25, 0.3) is 11.0 Å². The molecule has 0 saturated heterocycles. The average Bonchev–Trinajstić information content (AvgIpc) is 2.88. The molecule has 0 spiro atoms. The zero-order chi connectivity index (χ0) is 14.8. The van der Waals surface area contributed by atoms with Crippen LogP contribution < -0.4 is 5.32 Å². The first-order valence-electron chi connectivity index (χ1n) is 6.70. The molecule has 0 aliphatic rings. The number of aromatic nitrogens is 2. The molecule has 5 heteroatoms. The minimum absolute atomic E-state index is 0.170. The molecule has 2 heterocycles. The largest absolute Gasteiger partial charge is 0.332 e. The topological polar surface area (TPSA) is 46.9 Å². The van der Waals surface area contributed by atoms with Crippen LogP contribution in [0.15, 0.2) is 48.8 Å². The number of fused-ring (bicyclic) bond motifs is 1. The first-order valence-corrected chi connectivity index (χ1v) is 6.70. The number of anilines is 1. The summed E-state index contributed by atoms with van der Waals surface area (Å²) in [6, 6.07) is 9.72. The Hall–Kier alpha value is -2.69. The number of halogens is 1. The highest BCUT2D eigenvalue weighted by Crippen LogP contribution is 2.21. The first kappa shape index (κ1) is 13.3. The molecule has 2 aromatic heterocycles. The summed E-state index contributed by atoms with van der Waals surface area (Å²) in [5, 5.41) is 3.36. The van der Waals surface area contributed by atoms with Crippen molar-refractivity contribution >= 4 is 22.6 Å². The van der Waals surface area contributed by atoms with Crippen molar-refractivity contribution in [3.63, 3.8) is 0 Å². The van der Waals surface area contributed by atoms with Crippen LogP contribution in [0.1, 0.15) is 17.3 Å². The van der Waals surface area contributed by atoms with E-state index in [4.69, 9.17) is 0 Å². The van der Waals surface area contributed by atoms with Crippen LogP contribution in [0, 0.1) is 5.82 Å². The minimum atomic E-state index is -0.455. The predicted molar refractivity (Wildman–Crippen MR) is 79.8 cm³/mol. The van der Waals surface area contributed by atoms with Crippen molar-refractivity contribution in [1.82, 2.24) is 9.55 Å². The smallest absolute Gasteiger partial charge is 0.257 e. The van der Waals surface area contributed by atoms with Crippen molar-refractivity contribution in [3.05, 3.63) is 60.2 Å². The average molecular weight is 283 g/mol. The molecular weight excluding hydrogens is 269 g/mol. The Kier molecular flexibility index (Phi) is 3.39. The van der Waals surface area contributed by atoms with E-state index in [1.807, 2.05) is 17.6 Å². The Morgan fingerprint density at radius 1 is 1.29 bits per heavy atom. The number of nitrogens with zero attached hydrogens (tertiary/aromatic N) is 2. The molecule has 1 aromatic carbocycles. The third-order valence-electron chi connectivity index (χ3n) is 3.34. The number of hydrogen-bond donors (Lipinski definition) is 1. The van der Waals surface area contributed by atoms with Crippen LogP contribution in [0.4, 0.5) is 10.1 Å². The number of benzene rings is 1. The van der Waals surface area contributed by atoms with Gasteiger partial charge in [-0.2, -0.15) is 0 Å². The van der Waals surface area contributed by atoms with Gasteiger partial charge in [-0.15, -0.1) is 0 Å². The van der Waals surface area contributed by atoms with Gasteiger partial charge in [0.2, 0.25) is 0 Å². The minimum Gasteiger partial charge on any atom is -0.332 e. The van der Waals surface area contributed by atoms with Crippen LogP contribution in [0.2, 0.25) is 0 Å². The van der Waals surface area contributed by atoms with Gasteiger partial charge in [0.15, 0.2) is 0 Å². The zero-order valence-electron chi connectivity index (χ0n) is 11.5. The van der Waals surface area contributed by atoms with Gasteiger partial charge in [-0.25, -0.2) is 9.37 Å². The second-order valence-corrected chi connectivity index (χ2v) is 4.64. The van der Waals surface area contributed by atoms with Crippen molar-refractivity contribution in [2.24, 2.45) is 0 Å². The summed E-state index contributed by atoms with van der Waals surface area (Å²) in [7, 11) is 0. The number of pyridine rings is 1. The Morgan fingerprint density at radius 3 is 2.86 bits per heavy atom. The van der Waals surface area contributed by atoms with Crippen molar-refractivity contribution in [2.45, 2.75) is 13.5 Å². The number of aryl methyl sites for hydroxylation is 1. The molecule has 3 rings (SSSR count). The van der Waals surface area contributed by atoms with Gasteiger partial charge in [0.05, 0.1) is 11.3 Å². The molecule has 3 aromatic rings. The highest BCUT2D eigenvalue weighted by Gasteiger charge is 2.16. The number of carbonyl (C=O) groups is 1. The van der Waals surface area contributed by atoms with Gasteiger partial charge in [0.1, 0.15) is 11.5 Å². The Balaban J connectivity index is 2.01. The highest BCUT2D eigenvalue weighted by atomic mass is 19.1. The van der Waals surface area contributed by atoms with E-state index in [0.29, 0.717) is 12.1 Å². The van der Waals surface area contributed by atoms with Gasteiger partial charge in [0.25, 0.3) is 5.91 Å². The lowest BCUT2D eigenvalue weighted by atomic mass is 10.2. The monoisotopic (exact) mass is 283 g/mol. The summed E-state index contributed by atoms with van der Waals surface area (Å²) >= 11 is 0. The maximum atomic E-state index is 13.6. The fraction of sp³-hybridized carbons (Fsp3) is 0.125. The van der Waals surface area contributed by atoms with Crippen LogP contribution in [-0.2, 0) is 6.54 Å². The molecule has 0 radical (unpaired) electrons. The third kappa shape index (κ3) is 2.38. The summed E-state index contributed by atoms with van der Waals surface area (Å²) in [5.41, 5.74) is 1.41. The third-order valence-corrected chi connectivity index (χ3v) is 3.34. The second-order valence-electron chi connectivity index (χ2n) is 4.64. The molecule has 0 saturated carbocycles. The molecule has 0 aliphatic carbocycles. The van der Waals surface area contributed by atoms with E-state index in [1.165, 1.54) is 12.1 Å². The fourth-order valence-corrected chi connectivity index (χ4v) is 2.30. The number of rotatable bonds is 3. The van der Waals surface area contributed by atoms with Gasteiger partial charge >= 0.3 is 0 Å². The maximum Gasteiger partial charge on any atom is 0.257 e. The Labute approximate surface area is 121 Å². The van der Waals surface area contributed by atoms with E-state index in [9.17, 15) is 9.18 Å². The molecule has 4 nitrogen and oxygen atoms in total. The predicted octanol–water partition coefficient (Wildman–Crippen LogP) is 3.45. The molecule has 0 unspecified atom stereocenters. The summed E-state index contributed by atoms with van der Waals surface area (Å²) in [6.45, 7) is 2.69. The molecule has 1 amide bonds. The molecular formula is C16H14FN3O. The van der Waals surface area contributed by atoms with E-state index >= 15 is 0 Å². The zero-order valence-corrected chi connectivity index (χ0v) is 11.5. The van der Waals surface area contributed by atoms with E-state index < -0.39 is 5.82 Å². The lowest BCUT2D eigenvalue weighted by molar-refractivity contribution is 0.102. The number of nitrogens with one attached hydrogen (secondary N) is 1. The normalized spacial score (nSPS) is 10.8. The van der Waals surface area contributed by atoms with E-state index in [1.54, 1.807) is 30.6 Å². The van der Waals surface area contributed by atoms with Gasteiger partial charge in [0, 0.05) is 24.3 Å². The quantitative estimate of drug-likeness (QED) is 0.800. The number of hydrogen-bond acceptors (Lipinski definition) is 2. The summed E-state index contributed by atoms with van der Waals surface area (Å²) < 4.78 is 15.5. The maximum absolute atomic E-state index is 13.6. The van der Waals surface area contributed by atoms with Crippen molar-refractivity contribution in [1.29, 1.82) is 0 Å². The summed E-state index contributed by atoms with van der Waals surface area (Å²) in [5.74, 6) is -0.798. The number of amides is 1. The molecule has 0 aliphatic heterocycles. The van der Waals surface area contributed by atoms with E-state index in [-0.39, 0.29) is 11.6 Å². The highest BCUT2D eigenvalue weighted by molar-refractivity contribution is 6.12. The van der Waals surface area contributed by atoms with Gasteiger partial charge in [-0.3, -0.25) is 4.79 Å². The molecule has 1 N–H and O–H groups in total. The van der Waals surface area contributed by atoms with Gasteiger partial charge in [-0.1, -0.05) is 12.1 Å². The van der Waals surface area contributed by atoms with Crippen LogP contribution in [0.5, 0.6) is 0 Å². The van der Waals surface area contributed by atoms with Gasteiger partial charge in [-0.05, 0) is 31.2 Å². The molecule has 0 atom stereocenters. The van der Waals surface area contributed by atoms with Gasteiger partial charge < -0.3 is 9.88 Å². The fourth-order valence-electron chi connectivity index (χ4n) is 2.30. The van der Waals surface area contributed by atoms with Crippen LogP contribution in [-0.4, -0.2) is 15.5 Å². The number of carbonyl (C=O) groups excluding carboxylic acids is 1. The number of para-hydroxylation sites is 1. The summed E-state index contributed by atoms with van der Waals surface area (Å²) in [4.78, 5) is 16.7. The Bertz CT molecular complexity index is 810. The molecule has 0 bridgehead atoms. The second kappa shape index (κ2) is 5.36. The van der Waals surface area contributed by atoms with Crippen molar-refractivity contribution in [2.75, 3.05) is 5.32 Å². The first-order chi connectivity index (χ1) is 10.2. The van der Waals surface area contributed by atoms with Crippen LogP contribution in [0.3, 0.4) is 0 Å². The molecule has 21 heavy (non-hydrogen) atoms. The summed E-state index contributed by atoms with van der Waals surface area (Å²) in [6.07, 6.45) is 3.43. The molecule has 106 valence electrons. The lowest BCUT2D eigenvalue weighted by Crippen LogP contribution is -2.12. The van der Waals surface area contributed by atoms with E-state index in [2.05, 4.69) is 10.3 Å². The molecule has 0 fully saturated rings. The van der Waals surface area contributed by atoms with Crippen molar-refractivity contribution < 1.29 is 9.18 Å². The van der Waals surface area contributed by atoms with E-state index in [0.717, 1.165) is 11.0 Å². The van der Waals surface area contributed by atoms with Crippen molar-refractivity contribution in [3.8, 4) is 0 Å². The standard InChI is InChI=1S/C16H14FN3O/c1-2-20-10-12(11-6-5-9-18-15(11)20)16(21)19-14-8-4-3-7-13(14)17/h3-10H,2H2,1H3,(H,19,21).